The summed E-state index contributed by atoms with van der Waals surface area (Å²) in [6.07, 6.45) is 0. The molecule has 0 saturated heterocycles. The van der Waals surface area contributed by atoms with E-state index in [4.69, 9.17) is 5.11 Å². The first-order valence-electron chi connectivity index (χ1n) is 9.15. The van der Waals surface area contributed by atoms with E-state index < -0.39 is 0 Å². The van der Waals surface area contributed by atoms with Crippen LogP contribution in [0.1, 0.15) is 22.3 Å². The molecule has 0 aliphatic heterocycles. The van der Waals surface area contributed by atoms with Crippen LogP contribution in [-0.4, -0.2) is 5.11 Å². The molecule has 0 aromatic heterocycles. The van der Waals surface area contributed by atoms with E-state index in [2.05, 4.69) is 45.9 Å². The minimum absolute atomic E-state index is 0. The molecular formula is C27H29OZr. The van der Waals surface area contributed by atoms with Crippen LogP contribution in [0.15, 0.2) is 109 Å². The summed E-state index contributed by atoms with van der Waals surface area (Å²) in [4.78, 5) is 0. The molecule has 1 N–H and O–H groups in total. The maximum Gasteiger partial charge on any atom is 3.00 e. The molecular weight excluding hydrogens is 432 g/mol. The van der Waals surface area contributed by atoms with Gasteiger partial charge < -0.3 is 5.11 Å². The van der Waals surface area contributed by atoms with Crippen LogP contribution >= 0.6 is 0 Å². The van der Waals surface area contributed by atoms with Crippen molar-refractivity contribution < 1.29 is 31.3 Å². The van der Waals surface area contributed by atoms with Crippen molar-refractivity contribution in [1.82, 2.24) is 0 Å². The van der Waals surface area contributed by atoms with Gasteiger partial charge in [0.25, 0.3) is 0 Å². The standard InChI is InChI=1S/C7H9.2C7H7.C6H6O.Zr/c1-6-3-4-7(2)5-6;2*1-7-5-3-2-4-6-7;7-6-4-2-1-3-5-6;/h3-5H,1-2H3;2*2-6H,1H2;1-5,7H;/q3*-1;;+3. The number of aryl methyl sites for hydroxylation is 2. The van der Waals surface area contributed by atoms with Crippen molar-refractivity contribution >= 4 is 0 Å². The number of rotatable bonds is 0. The Bertz CT molecular complexity index is 747. The van der Waals surface area contributed by atoms with Crippen LogP contribution in [0.5, 0.6) is 5.75 Å². The average molecular weight is 461 g/mol. The molecule has 1 radical (unpaired) electrons. The van der Waals surface area contributed by atoms with Gasteiger partial charge in [-0.15, -0.1) is 24.3 Å². The normalized spacial score (nSPS) is 8.48. The van der Waals surface area contributed by atoms with Gasteiger partial charge in [0.05, 0.1) is 0 Å². The molecule has 29 heavy (non-hydrogen) atoms. The SMILES string of the molecule is Cc1cc[c-](C)c1.Oc1ccccc1.[CH2-]c1ccccc1.[CH2-]c1ccccc1.[Zr+3]. The van der Waals surface area contributed by atoms with E-state index >= 15 is 0 Å². The van der Waals surface area contributed by atoms with Crippen molar-refractivity contribution in [3.05, 3.63) is 145 Å². The molecule has 0 unspecified atom stereocenters. The fraction of sp³-hybridized carbons (Fsp3) is 0.0741. The Balaban J connectivity index is 0.000000356. The number of phenolic OH excluding ortho intramolecular Hbond substituents is 1. The average Bonchev–Trinajstić information content (AvgIpc) is 3.08. The topological polar surface area (TPSA) is 20.2 Å². The summed E-state index contributed by atoms with van der Waals surface area (Å²) in [7, 11) is 0. The molecule has 4 rings (SSSR count). The zero-order valence-electron chi connectivity index (χ0n) is 17.3. The van der Waals surface area contributed by atoms with Gasteiger partial charge in [0, 0.05) is 0 Å². The minimum Gasteiger partial charge on any atom is -0.508 e. The Morgan fingerprint density at radius 3 is 1.17 bits per heavy atom. The monoisotopic (exact) mass is 459 g/mol. The van der Waals surface area contributed by atoms with Crippen LogP contribution in [0, 0.1) is 27.7 Å². The van der Waals surface area contributed by atoms with Crippen LogP contribution in [-0.2, 0) is 26.2 Å². The van der Waals surface area contributed by atoms with Gasteiger partial charge in [-0.05, 0) is 12.1 Å². The van der Waals surface area contributed by atoms with Gasteiger partial charge in [-0.25, -0.2) is 11.6 Å². The van der Waals surface area contributed by atoms with Crippen LogP contribution in [0.4, 0.5) is 0 Å². The summed E-state index contributed by atoms with van der Waals surface area (Å²) in [6, 6.07) is 34.9. The van der Waals surface area contributed by atoms with Crippen molar-refractivity contribution in [2.75, 3.05) is 0 Å². The molecule has 0 atom stereocenters. The summed E-state index contributed by atoms with van der Waals surface area (Å²) in [5.74, 6) is 0.322. The molecule has 4 aromatic carbocycles. The number of benzene rings is 3. The Morgan fingerprint density at radius 2 is 1.03 bits per heavy atom. The summed E-state index contributed by atoms with van der Waals surface area (Å²) in [5, 5.41) is 8.63. The van der Waals surface area contributed by atoms with Crippen molar-refractivity contribution in [2.45, 2.75) is 13.8 Å². The van der Waals surface area contributed by atoms with Gasteiger partial charge in [-0.2, -0.15) is 66.9 Å². The number of hydrogen-bond acceptors (Lipinski definition) is 1. The van der Waals surface area contributed by atoms with E-state index in [1.165, 1.54) is 11.1 Å². The van der Waals surface area contributed by atoms with E-state index in [0.29, 0.717) is 5.75 Å². The van der Waals surface area contributed by atoms with Crippen LogP contribution in [0.3, 0.4) is 0 Å². The summed E-state index contributed by atoms with van der Waals surface area (Å²) in [5.41, 5.74) is 4.86. The van der Waals surface area contributed by atoms with Crippen molar-refractivity contribution in [1.29, 1.82) is 0 Å². The van der Waals surface area contributed by atoms with Gasteiger partial charge in [-0.1, -0.05) is 44.2 Å². The first-order valence-corrected chi connectivity index (χ1v) is 9.15. The van der Waals surface area contributed by atoms with Crippen LogP contribution in [0.25, 0.3) is 0 Å². The third kappa shape index (κ3) is 15.1. The van der Waals surface area contributed by atoms with Crippen molar-refractivity contribution in [2.24, 2.45) is 0 Å². The molecule has 1 nitrogen and oxygen atoms in total. The van der Waals surface area contributed by atoms with Gasteiger partial charge in [0.2, 0.25) is 0 Å². The Kier molecular flexibility index (Phi) is 14.9. The Morgan fingerprint density at radius 1 is 0.655 bits per heavy atom. The van der Waals surface area contributed by atoms with Crippen molar-refractivity contribution in [3.8, 4) is 5.75 Å². The maximum atomic E-state index is 8.63. The van der Waals surface area contributed by atoms with E-state index in [1.807, 2.05) is 66.7 Å². The van der Waals surface area contributed by atoms with Gasteiger partial charge >= 0.3 is 26.2 Å². The predicted molar refractivity (Wildman–Crippen MR) is 121 cm³/mol. The second kappa shape index (κ2) is 16.4. The molecule has 0 amide bonds. The molecule has 2 heteroatoms. The molecule has 0 spiro atoms. The van der Waals surface area contributed by atoms with Gasteiger partial charge in [0.15, 0.2) is 0 Å². The summed E-state index contributed by atoms with van der Waals surface area (Å²) in [6.45, 7) is 11.6. The second-order valence-electron chi connectivity index (χ2n) is 6.27. The molecule has 0 heterocycles. The second-order valence-corrected chi connectivity index (χ2v) is 6.27. The van der Waals surface area contributed by atoms with E-state index in [9.17, 15) is 0 Å². The molecule has 0 aliphatic rings. The molecule has 0 fully saturated rings. The summed E-state index contributed by atoms with van der Waals surface area (Å²) < 4.78 is 0. The van der Waals surface area contributed by atoms with E-state index in [-0.39, 0.29) is 26.2 Å². The predicted octanol–water partition coefficient (Wildman–Crippen LogP) is 7.15. The minimum atomic E-state index is 0. The number of phenols is 1. The molecule has 4 aromatic rings. The Hall–Kier alpha value is -2.57. The molecule has 0 bridgehead atoms. The number of aromatic hydroxyl groups is 1. The largest absolute Gasteiger partial charge is 3.00 e. The molecule has 0 aliphatic carbocycles. The zero-order chi connectivity index (χ0) is 20.6. The third-order valence-electron chi connectivity index (χ3n) is 3.51. The van der Waals surface area contributed by atoms with Gasteiger partial charge in [0.1, 0.15) is 5.75 Å². The van der Waals surface area contributed by atoms with E-state index in [0.717, 1.165) is 11.1 Å². The zero-order valence-corrected chi connectivity index (χ0v) is 19.7. The van der Waals surface area contributed by atoms with Crippen LogP contribution in [0.2, 0.25) is 0 Å². The smallest absolute Gasteiger partial charge is 0.508 e. The van der Waals surface area contributed by atoms with E-state index in [1.54, 1.807) is 24.3 Å². The maximum absolute atomic E-state index is 8.63. The quantitative estimate of drug-likeness (QED) is 0.276. The molecule has 147 valence electrons. The number of hydrogen-bond donors (Lipinski definition) is 1. The fourth-order valence-electron chi connectivity index (χ4n) is 2.10. The Labute approximate surface area is 195 Å². The van der Waals surface area contributed by atoms with Crippen molar-refractivity contribution in [3.63, 3.8) is 0 Å². The van der Waals surface area contributed by atoms with Crippen LogP contribution < -0.4 is 0 Å². The first-order chi connectivity index (χ1) is 13.5. The molecule has 0 saturated carbocycles. The fourth-order valence-corrected chi connectivity index (χ4v) is 2.10. The number of para-hydroxylation sites is 1. The van der Waals surface area contributed by atoms with Gasteiger partial charge in [-0.3, -0.25) is 0 Å². The third-order valence-corrected chi connectivity index (χ3v) is 3.51. The first kappa shape index (κ1) is 26.4. The summed E-state index contributed by atoms with van der Waals surface area (Å²) >= 11 is 0.